The summed E-state index contributed by atoms with van der Waals surface area (Å²) in [5, 5.41) is 6.34. The van der Waals surface area contributed by atoms with Gasteiger partial charge >= 0.3 is 0 Å². The van der Waals surface area contributed by atoms with Gasteiger partial charge in [-0.15, -0.1) is 11.3 Å². The molecule has 2 amide bonds. The molecule has 10 heteroatoms. The fourth-order valence-corrected chi connectivity index (χ4v) is 6.73. The van der Waals surface area contributed by atoms with Gasteiger partial charge in [-0.25, -0.2) is 13.4 Å². The van der Waals surface area contributed by atoms with Crippen LogP contribution in [0.5, 0.6) is 0 Å². The fraction of sp³-hybridized carbons (Fsp3) is 0.179. The van der Waals surface area contributed by atoms with E-state index in [1.807, 2.05) is 0 Å². The van der Waals surface area contributed by atoms with Crippen molar-refractivity contribution in [3.8, 4) is 10.6 Å². The Morgan fingerprint density at radius 3 is 2.58 bits per heavy atom. The van der Waals surface area contributed by atoms with Crippen LogP contribution in [0.4, 0.5) is 5.69 Å². The Morgan fingerprint density at radius 1 is 1.00 bits per heavy atom. The first kappa shape index (κ1) is 25.8. The summed E-state index contributed by atoms with van der Waals surface area (Å²) in [5.41, 5.74) is 8.22. The maximum absolute atomic E-state index is 13.1. The van der Waals surface area contributed by atoms with Gasteiger partial charge in [0.2, 0.25) is 9.84 Å². The van der Waals surface area contributed by atoms with Crippen LogP contribution in [0.25, 0.3) is 10.6 Å². The molecule has 0 saturated heterocycles. The highest BCUT2D eigenvalue weighted by Gasteiger charge is 2.31. The van der Waals surface area contributed by atoms with E-state index in [9.17, 15) is 18.0 Å². The van der Waals surface area contributed by atoms with Gasteiger partial charge in [0.15, 0.2) is 0 Å². The Hall–Kier alpha value is -3.86. The first-order chi connectivity index (χ1) is 18.4. The number of nitrogens with one attached hydrogen (secondary N) is 2. The average molecular weight is 547 g/mol. The molecule has 0 saturated carbocycles. The number of hydrogen-bond acceptors (Lipinski definition) is 7. The summed E-state index contributed by atoms with van der Waals surface area (Å²) in [5.74, 6) is -0.931. The third kappa shape index (κ3) is 5.24. The number of carbonyl (C=O) groups is 2. The quantitative estimate of drug-likeness (QED) is 0.281. The maximum atomic E-state index is 13.1. The Labute approximate surface area is 224 Å². The van der Waals surface area contributed by atoms with E-state index in [1.54, 1.807) is 18.3 Å². The number of rotatable bonds is 8. The van der Waals surface area contributed by atoms with Crippen LogP contribution in [-0.4, -0.2) is 31.8 Å². The summed E-state index contributed by atoms with van der Waals surface area (Å²) in [7, 11) is -3.93. The number of aromatic nitrogens is 1. The van der Waals surface area contributed by atoms with Crippen LogP contribution in [0.2, 0.25) is 0 Å². The summed E-state index contributed by atoms with van der Waals surface area (Å²) < 4.78 is 26.3. The summed E-state index contributed by atoms with van der Waals surface area (Å²) in [4.78, 5) is 30.8. The topological polar surface area (TPSA) is 131 Å². The van der Waals surface area contributed by atoms with Crippen molar-refractivity contribution in [2.24, 2.45) is 5.73 Å². The minimum Gasteiger partial charge on any atom is -0.347 e. The van der Waals surface area contributed by atoms with Gasteiger partial charge in [-0.1, -0.05) is 36.4 Å². The van der Waals surface area contributed by atoms with Crippen molar-refractivity contribution in [1.82, 2.24) is 10.3 Å². The van der Waals surface area contributed by atoms with Crippen LogP contribution in [0.1, 0.15) is 44.0 Å². The summed E-state index contributed by atoms with van der Waals surface area (Å²) in [6.07, 6.45) is 4.81. The van der Waals surface area contributed by atoms with Crippen molar-refractivity contribution in [1.29, 1.82) is 0 Å². The van der Waals surface area contributed by atoms with E-state index in [1.165, 1.54) is 47.2 Å². The highest BCUT2D eigenvalue weighted by atomic mass is 32.2. The zero-order valence-corrected chi connectivity index (χ0v) is 22.1. The molecule has 194 valence electrons. The highest BCUT2D eigenvalue weighted by Crippen LogP contribution is 2.34. The van der Waals surface area contributed by atoms with Gasteiger partial charge in [0, 0.05) is 22.2 Å². The van der Waals surface area contributed by atoms with Crippen molar-refractivity contribution in [2.75, 3.05) is 11.9 Å². The summed E-state index contributed by atoms with van der Waals surface area (Å²) in [6.45, 7) is 0.969. The van der Waals surface area contributed by atoms with Gasteiger partial charge < -0.3 is 16.4 Å². The molecular weight excluding hydrogens is 520 g/mol. The van der Waals surface area contributed by atoms with Gasteiger partial charge in [-0.05, 0) is 61.7 Å². The van der Waals surface area contributed by atoms with E-state index < -0.39 is 21.7 Å². The van der Waals surface area contributed by atoms with Gasteiger partial charge in [0.05, 0.1) is 27.6 Å². The van der Waals surface area contributed by atoms with Gasteiger partial charge in [0.25, 0.3) is 11.8 Å². The van der Waals surface area contributed by atoms with Crippen LogP contribution < -0.4 is 16.4 Å². The van der Waals surface area contributed by atoms with Crippen molar-refractivity contribution in [3.63, 3.8) is 0 Å². The highest BCUT2D eigenvalue weighted by molar-refractivity contribution is 7.91. The molecule has 8 nitrogen and oxygen atoms in total. The number of hydrogen-bond donors (Lipinski definition) is 3. The van der Waals surface area contributed by atoms with Crippen molar-refractivity contribution in [2.45, 2.75) is 35.6 Å². The number of amides is 2. The van der Waals surface area contributed by atoms with Crippen LogP contribution >= 0.6 is 11.3 Å². The van der Waals surface area contributed by atoms with E-state index in [2.05, 4.69) is 39.9 Å². The number of sulfone groups is 1. The molecule has 0 fully saturated rings. The normalized spacial score (nSPS) is 13.7. The summed E-state index contributed by atoms with van der Waals surface area (Å²) >= 11 is 1.49. The standard InChI is InChI=1S/C28H26N4O4S2/c29-14-4-3-5-18-8-10-19(11-9-18)28-31-17-21(37-28)16-30-26(33)20-12-13-25-23(15-20)32-27(34)22-6-1-2-7-24(22)38(25,35)36/h1-2,6-13,15,17H,3-5,14,16,29H2,(H,30,33)(H,32,34). The van der Waals surface area contributed by atoms with Crippen molar-refractivity contribution < 1.29 is 18.0 Å². The van der Waals surface area contributed by atoms with E-state index in [0.717, 1.165) is 34.7 Å². The van der Waals surface area contributed by atoms with Crippen LogP contribution in [0, 0.1) is 0 Å². The molecule has 0 atom stereocenters. The Balaban J connectivity index is 1.27. The second-order valence-corrected chi connectivity index (χ2v) is 11.9. The molecule has 5 rings (SSSR count). The van der Waals surface area contributed by atoms with Crippen LogP contribution in [0.3, 0.4) is 0 Å². The molecule has 0 spiro atoms. The molecule has 38 heavy (non-hydrogen) atoms. The first-order valence-electron chi connectivity index (χ1n) is 12.2. The number of thiazole rings is 1. The summed E-state index contributed by atoms with van der Waals surface area (Å²) in [6, 6.07) is 18.5. The third-order valence-electron chi connectivity index (χ3n) is 6.30. The van der Waals surface area contributed by atoms with Gasteiger partial charge in [-0.3, -0.25) is 9.59 Å². The zero-order valence-electron chi connectivity index (χ0n) is 20.4. The fourth-order valence-electron chi connectivity index (χ4n) is 4.28. The SMILES string of the molecule is NCCCCc1ccc(-c2ncc(CNC(=O)c3ccc4c(c3)NC(=O)c3ccccc3S4(=O)=O)s2)cc1. The second kappa shape index (κ2) is 10.9. The molecule has 0 aliphatic carbocycles. The predicted molar refractivity (Wildman–Crippen MR) is 147 cm³/mol. The molecule has 2 heterocycles. The predicted octanol–water partition coefficient (Wildman–Crippen LogP) is 4.42. The smallest absolute Gasteiger partial charge is 0.257 e. The van der Waals surface area contributed by atoms with Crippen LogP contribution in [-0.2, 0) is 22.8 Å². The zero-order chi connectivity index (χ0) is 26.7. The van der Waals surface area contributed by atoms with Crippen LogP contribution in [0.15, 0.2) is 82.7 Å². The number of nitrogens with two attached hydrogens (primary N) is 1. The number of aryl methyl sites for hydroxylation is 1. The second-order valence-electron chi connectivity index (χ2n) is 8.92. The van der Waals surface area contributed by atoms with Gasteiger partial charge in [0.1, 0.15) is 5.01 Å². The number of fused-ring (bicyclic) bond motifs is 2. The lowest BCUT2D eigenvalue weighted by atomic mass is 10.1. The number of anilines is 1. The largest absolute Gasteiger partial charge is 0.347 e. The number of nitrogens with zero attached hydrogens (tertiary/aromatic N) is 1. The molecule has 1 aromatic heterocycles. The first-order valence-corrected chi connectivity index (χ1v) is 14.5. The maximum Gasteiger partial charge on any atom is 0.257 e. The monoisotopic (exact) mass is 546 g/mol. The molecular formula is C28H26N4O4S2. The number of carbonyl (C=O) groups excluding carboxylic acids is 2. The molecule has 0 bridgehead atoms. The molecule has 0 unspecified atom stereocenters. The minimum absolute atomic E-state index is 0.0511. The lowest BCUT2D eigenvalue weighted by Gasteiger charge is -2.10. The molecule has 4 aromatic rings. The van der Waals surface area contributed by atoms with E-state index in [-0.39, 0.29) is 33.2 Å². The molecule has 0 radical (unpaired) electrons. The Kier molecular flexibility index (Phi) is 7.37. The lowest BCUT2D eigenvalue weighted by Crippen LogP contribution is -2.22. The molecule has 1 aliphatic heterocycles. The van der Waals surface area contributed by atoms with Gasteiger partial charge in [-0.2, -0.15) is 0 Å². The number of unbranched alkanes of at least 4 members (excludes halogenated alkanes) is 1. The lowest BCUT2D eigenvalue weighted by molar-refractivity contribution is 0.0949. The molecule has 3 aromatic carbocycles. The van der Waals surface area contributed by atoms with E-state index in [4.69, 9.17) is 5.73 Å². The molecule has 4 N–H and O–H groups in total. The van der Waals surface area contributed by atoms with Crippen molar-refractivity contribution in [3.05, 3.63) is 94.5 Å². The van der Waals surface area contributed by atoms with E-state index in [0.29, 0.717) is 6.54 Å². The Bertz CT molecular complexity index is 1610. The van der Waals surface area contributed by atoms with Crippen molar-refractivity contribution >= 4 is 38.7 Å². The average Bonchev–Trinajstić information content (AvgIpc) is 3.38. The van der Waals surface area contributed by atoms with E-state index >= 15 is 0 Å². The number of benzene rings is 3. The molecule has 1 aliphatic rings. The minimum atomic E-state index is -3.93. The third-order valence-corrected chi connectivity index (χ3v) is 9.21. The Morgan fingerprint density at radius 2 is 1.79 bits per heavy atom.